The number of aliphatic hydroxyl groups is 1. The molecule has 3 aromatic rings. The van der Waals surface area contributed by atoms with Gasteiger partial charge in [0.1, 0.15) is 5.65 Å². The summed E-state index contributed by atoms with van der Waals surface area (Å²) in [5, 5.41) is 11.5. The first-order valence-corrected chi connectivity index (χ1v) is 8.78. The van der Waals surface area contributed by atoms with Gasteiger partial charge in [-0.05, 0) is 44.0 Å². The van der Waals surface area contributed by atoms with Crippen molar-refractivity contribution in [1.82, 2.24) is 24.9 Å². The van der Waals surface area contributed by atoms with Gasteiger partial charge < -0.3 is 15.1 Å². The third-order valence-corrected chi connectivity index (χ3v) is 5.40. The van der Waals surface area contributed by atoms with Crippen LogP contribution < -0.4 is 11.2 Å². The van der Waals surface area contributed by atoms with Crippen molar-refractivity contribution >= 4 is 22.8 Å². The van der Waals surface area contributed by atoms with Crippen LogP contribution in [0.5, 0.6) is 0 Å². The molecule has 0 unspecified atom stereocenters. The molecule has 0 saturated heterocycles. The molecule has 8 nitrogen and oxygen atoms in total. The normalized spacial score (nSPS) is 20.0. The van der Waals surface area contributed by atoms with Crippen molar-refractivity contribution in [3.8, 4) is 0 Å². The highest BCUT2D eigenvalue weighted by molar-refractivity contribution is 7.99. The van der Waals surface area contributed by atoms with Gasteiger partial charge in [-0.3, -0.25) is 9.78 Å². The lowest BCUT2D eigenvalue weighted by Gasteiger charge is -2.31. The summed E-state index contributed by atoms with van der Waals surface area (Å²) >= 11 is 1.13. The van der Waals surface area contributed by atoms with Crippen LogP contribution in [0, 0.1) is 13.8 Å². The maximum absolute atomic E-state index is 11.5. The van der Waals surface area contributed by atoms with Gasteiger partial charge in [-0.2, -0.15) is 0 Å². The van der Waals surface area contributed by atoms with Gasteiger partial charge in [0.05, 0.1) is 16.8 Å². The van der Waals surface area contributed by atoms with Gasteiger partial charge in [-0.25, -0.2) is 14.8 Å². The van der Waals surface area contributed by atoms with Crippen LogP contribution in [-0.4, -0.2) is 36.1 Å². The Labute approximate surface area is 146 Å². The van der Waals surface area contributed by atoms with Crippen LogP contribution in [0.15, 0.2) is 25.8 Å². The van der Waals surface area contributed by atoms with E-state index >= 15 is 0 Å². The monoisotopic (exact) mass is 359 g/mol. The van der Waals surface area contributed by atoms with Crippen molar-refractivity contribution < 1.29 is 5.11 Å². The van der Waals surface area contributed by atoms with E-state index in [0.29, 0.717) is 23.0 Å². The maximum atomic E-state index is 11.5. The number of fused-ring (bicyclic) bond motifs is 1. The van der Waals surface area contributed by atoms with E-state index in [9.17, 15) is 14.7 Å². The Morgan fingerprint density at radius 2 is 1.92 bits per heavy atom. The summed E-state index contributed by atoms with van der Waals surface area (Å²) in [5.74, 6) is 0.187. The molecule has 0 aromatic carbocycles. The summed E-state index contributed by atoms with van der Waals surface area (Å²) < 4.78 is 0. The fourth-order valence-corrected chi connectivity index (χ4v) is 3.91. The van der Waals surface area contributed by atoms with E-state index in [1.165, 1.54) is 6.07 Å². The lowest BCUT2D eigenvalue weighted by atomic mass is 9.79. The minimum atomic E-state index is -0.565. The average molecular weight is 359 g/mol. The maximum Gasteiger partial charge on any atom is 0.326 e. The molecule has 3 aromatic heterocycles. The smallest absolute Gasteiger partial charge is 0.326 e. The van der Waals surface area contributed by atoms with Gasteiger partial charge in [0.15, 0.2) is 5.16 Å². The fourth-order valence-electron chi connectivity index (χ4n) is 3.13. The Kier molecular flexibility index (Phi) is 3.77. The molecule has 3 heterocycles. The Bertz CT molecular complexity index is 1050. The molecule has 1 aliphatic carbocycles. The van der Waals surface area contributed by atoms with E-state index in [1.807, 2.05) is 13.8 Å². The Morgan fingerprint density at radius 3 is 2.60 bits per heavy atom. The summed E-state index contributed by atoms with van der Waals surface area (Å²) in [6.07, 6.45) is 1.08. The Balaban J connectivity index is 1.82. The van der Waals surface area contributed by atoms with Crippen molar-refractivity contribution in [3.05, 3.63) is 43.9 Å². The number of rotatable bonds is 3. The van der Waals surface area contributed by atoms with Gasteiger partial charge in [0, 0.05) is 23.1 Å². The summed E-state index contributed by atoms with van der Waals surface area (Å²) in [4.78, 5) is 40.1. The lowest BCUT2D eigenvalue weighted by molar-refractivity contribution is 0.0735. The number of nitrogens with zero attached hydrogens (tertiary/aromatic N) is 2. The molecule has 25 heavy (non-hydrogen) atoms. The number of aliphatic hydroxyl groups excluding tert-OH is 1. The van der Waals surface area contributed by atoms with Crippen LogP contribution in [0.25, 0.3) is 11.0 Å². The number of aromatic nitrogens is 5. The zero-order valence-corrected chi connectivity index (χ0v) is 14.5. The number of hydrogen-bond donors (Lipinski definition) is 4. The molecule has 0 amide bonds. The second-order valence-corrected chi connectivity index (χ2v) is 7.38. The molecule has 4 rings (SSSR count). The zero-order valence-electron chi connectivity index (χ0n) is 13.7. The topological polar surface area (TPSA) is 128 Å². The van der Waals surface area contributed by atoms with Crippen LogP contribution >= 0.6 is 11.8 Å². The molecule has 0 aliphatic heterocycles. The predicted octanol–water partition coefficient (Wildman–Crippen LogP) is 1.34. The predicted molar refractivity (Wildman–Crippen MR) is 93.2 cm³/mol. The van der Waals surface area contributed by atoms with Gasteiger partial charge in [0.25, 0.3) is 5.56 Å². The minimum Gasteiger partial charge on any atom is -0.393 e. The van der Waals surface area contributed by atoms with Crippen molar-refractivity contribution in [2.45, 2.75) is 48.9 Å². The SMILES string of the molecule is Cc1[nH]c2nc(Sc3cc(=O)[nH]c(=O)[nH]3)nc(C3CC(O)C3)c2c1C. The summed E-state index contributed by atoms with van der Waals surface area (Å²) in [5.41, 5.74) is 2.73. The first kappa shape index (κ1) is 16.1. The minimum absolute atomic E-state index is 0.187. The third kappa shape index (κ3) is 2.89. The van der Waals surface area contributed by atoms with Crippen molar-refractivity contribution in [2.75, 3.05) is 0 Å². The van der Waals surface area contributed by atoms with E-state index in [0.717, 1.165) is 39.7 Å². The van der Waals surface area contributed by atoms with E-state index in [1.54, 1.807) is 0 Å². The summed E-state index contributed by atoms with van der Waals surface area (Å²) in [6, 6.07) is 1.30. The number of nitrogens with one attached hydrogen (secondary N) is 3. The first-order chi connectivity index (χ1) is 11.9. The Morgan fingerprint density at radius 1 is 1.16 bits per heavy atom. The largest absolute Gasteiger partial charge is 0.393 e. The Hall–Kier alpha value is -2.39. The highest BCUT2D eigenvalue weighted by Crippen LogP contribution is 2.41. The number of hydrogen-bond acceptors (Lipinski definition) is 6. The molecule has 4 N–H and O–H groups in total. The lowest BCUT2D eigenvalue weighted by Crippen LogP contribution is -2.27. The summed E-state index contributed by atoms with van der Waals surface area (Å²) in [6.45, 7) is 4.01. The molecule has 0 spiro atoms. The molecule has 0 bridgehead atoms. The van der Waals surface area contributed by atoms with E-state index < -0.39 is 11.2 Å². The quantitative estimate of drug-likeness (QED) is 0.413. The van der Waals surface area contributed by atoms with Crippen molar-refractivity contribution in [1.29, 1.82) is 0 Å². The van der Waals surface area contributed by atoms with E-state index in [2.05, 4.69) is 24.9 Å². The average Bonchev–Trinajstić information content (AvgIpc) is 2.77. The number of aryl methyl sites for hydroxylation is 2. The van der Waals surface area contributed by atoms with Crippen molar-refractivity contribution in [2.24, 2.45) is 0 Å². The molecule has 130 valence electrons. The summed E-state index contributed by atoms with van der Waals surface area (Å²) in [7, 11) is 0. The molecule has 1 saturated carbocycles. The first-order valence-electron chi connectivity index (χ1n) is 7.97. The van der Waals surface area contributed by atoms with Crippen LogP contribution in [0.3, 0.4) is 0 Å². The molecule has 9 heteroatoms. The third-order valence-electron chi connectivity index (χ3n) is 4.60. The molecular formula is C16H17N5O3S. The van der Waals surface area contributed by atoms with Crippen LogP contribution in [0.1, 0.15) is 35.7 Å². The molecule has 0 atom stereocenters. The van der Waals surface area contributed by atoms with Gasteiger partial charge in [0.2, 0.25) is 0 Å². The van der Waals surface area contributed by atoms with Crippen LogP contribution in [0.2, 0.25) is 0 Å². The van der Waals surface area contributed by atoms with Gasteiger partial charge in [-0.15, -0.1) is 0 Å². The van der Waals surface area contributed by atoms with E-state index in [-0.39, 0.29) is 12.0 Å². The standard InChI is InChI=1S/C16H17N5O3S/c1-6-7(2)17-14-12(6)13(8-3-9(22)4-8)20-16(21-14)25-11-5-10(23)18-15(24)19-11/h5,8-9,22H,3-4H2,1-2H3,(H,17,20,21)(H2,18,19,23,24). The van der Waals surface area contributed by atoms with Crippen molar-refractivity contribution in [3.63, 3.8) is 0 Å². The highest BCUT2D eigenvalue weighted by Gasteiger charge is 2.32. The number of aromatic amines is 3. The van der Waals surface area contributed by atoms with Gasteiger partial charge >= 0.3 is 5.69 Å². The van der Waals surface area contributed by atoms with Crippen LogP contribution in [-0.2, 0) is 0 Å². The molecule has 0 radical (unpaired) electrons. The highest BCUT2D eigenvalue weighted by atomic mass is 32.2. The second kappa shape index (κ2) is 5.85. The number of H-pyrrole nitrogens is 3. The molecule has 1 fully saturated rings. The van der Waals surface area contributed by atoms with Crippen LogP contribution in [0.4, 0.5) is 0 Å². The zero-order chi connectivity index (χ0) is 17.7. The molecular weight excluding hydrogens is 342 g/mol. The fraction of sp³-hybridized carbons (Fsp3) is 0.375. The van der Waals surface area contributed by atoms with E-state index in [4.69, 9.17) is 0 Å². The second-order valence-electron chi connectivity index (χ2n) is 6.37. The van der Waals surface area contributed by atoms with Gasteiger partial charge in [-0.1, -0.05) is 0 Å². The molecule has 1 aliphatic rings.